The minimum absolute atomic E-state index is 0.176. The molecular formula is C19H17N4O2+. The predicted molar refractivity (Wildman–Crippen MR) is 91.0 cm³/mol. The predicted octanol–water partition coefficient (Wildman–Crippen LogP) is 0.375. The number of carbonyl (C=O) groups excluding carboxylic acids is 2. The first-order valence-electron chi connectivity index (χ1n) is 8.50. The lowest BCUT2D eigenvalue weighted by Crippen LogP contribution is -2.19. The van der Waals surface area contributed by atoms with E-state index in [1.807, 2.05) is 25.2 Å². The number of allylic oxidation sites excluding steroid dienone is 2. The van der Waals surface area contributed by atoms with Gasteiger partial charge in [0.1, 0.15) is 11.5 Å². The van der Waals surface area contributed by atoms with Crippen molar-refractivity contribution in [3.05, 3.63) is 52.7 Å². The van der Waals surface area contributed by atoms with Crippen molar-refractivity contribution in [3.8, 4) is 0 Å². The zero-order valence-corrected chi connectivity index (χ0v) is 13.8. The Morgan fingerprint density at radius 3 is 2.96 bits per heavy atom. The highest BCUT2D eigenvalue weighted by Crippen LogP contribution is 2.44. The Morgan fingerprint density at radius 2 is 2.16 bits per heavy atom. The first kappa shape index (κ1) is 14.4. The van der Waals surface area contributed by atoms with Crippen molar-refractivity contribution < 1.29 is 9.59 Å². The van der Waals surface area contributed by atoms with Crippen LogP contribution in [0.5, 0.6) is 0 Å². The standard InChI is InChI=1S/C19H16N4O2/c1-23-9-20-17(12-4-10-6-14(24)7-11(10)5-12)18(23)19(25)21-13-2-3-15-16(8-13)22-15/h2-4,8-11H,5-7H2,1H3/p+1. The van der Waals surface area contributed by atoms with Crippen LogP contribution in [0.4, 0.5) is 5.69 Å². The third kappa shape index (κ3) is 2.34. The lowest BCUT2D eigenvalue weighted by Gasteiger charge is -2.09. The van der Waals surface area contributed by atoms with E-state index in [2.05, 4.69) is 21.0 Å². The number of carbonyl (C=O) groups is 2. The van der Waals surface area contributed by atoms with Gasteiger partial charge in [-0.2, -0.15) is 0 Å². The van der Waals surface area contributed by atoms with Crippen molar-refractivity contribution >= 4 is 23.0 Å². The Bertz CT molecular complexity index is 1100. The van der Waals surface area contributed by atoms with E-state index in [4.69, 9.17) is 0 Å². The van der Waals surface area contributed by atoms with E-state index in [1.165, 1.54) is 0 Å². The van der Waals surface area contributed by atoms with Gasteiger partial charge in [-0.15, -0.1) is 0 Å². The summed E-state index contributed by atoms with van der Waals surface area (Å²) >= 11 is 0. The number of aryl methyl sites for hydroxylation is 1. The number of hydrogen-bond acceptors (Lipinski definition) is 3. The lowest BCUT2D eigenvalue weighted by molar-refractivity contribution is -0.117. The molecule has 2 atom stereocenters. The number of aromatic nitrogens is 2. The Labute approximate surface area is 143 Å². The van der Waals surface area contributed by atoms with Crippen LogP contribution < -0.4 is 20.7 Å². The maximum absolute atomic E-state index is 12.8. The molecule has 3 aliphatic rings. The summed E-state index contributed by atoms with van der Waals surface area (Å²) in [6, 6.07) is 5.62. The first-order chi connectivity index (χ1) is 12.1. The van der Waals surface area contributed by atoms with Crippen molar-refractivity contribution in [3.63, 3.8) is 0 Å². The summed E-state index contributed by atoms with van der Waals surface area (Å²) in [5.74, 6) is 0.863. The van der Waals surface area contributed by atoms with E-state index >= 15 is 0 Å². The molecule has 2 unspecified atom stereocenters. The average molecular weight is 333 g/mol. The molecule has 1 N–H and O–H groups in total. The highest BCUT2D eigenvalue weighted by atomic mass is 16.2. The number of nitrogens with one attached hydrogen (secondary N) is 1. The summed E-state index contributed by atoms with van der Waals surface area (Å²) < 4.78 is 5.93. The molecule has 1 amide bonds. The van der Waals surface area contributed by atoms with Gasteiger partial charge in [0.05, 0.1) is 18.1 Å². The second-order valence-corrected chi connectivity index (χ2v) is 7.09. The van der Waals surface area contributed by atoms with Crippen LogP contribution in [0.2, 0.25) is 0 Å². The monoisotopic (exact) mass is 333 g/mol. The van der Waals surface area contributed by atoms with E-state index in [0.29, 0.717) is 36.2 Å². The molecule has 124 valence electrons. The normalized spacial score (nSPS) is 22.6. The third-order valence-electron chi connectivity index (χ3n) is 5.34. The molecule has 2 aliphatic carbocycles. The number of nitrogens with zero attached hydrogens (tertiary/aromatic N) is 3. The molecule has 1 aliphatic heterocycles. The number of ketones is 1. The maximum Gasteiger partial charge on any atom is 0.419 e. The maximum atomic E-state index is 12.8. The Kier molecular flexibility index (Phi) is 2.88. The summed E-state index contributed by atoms with van der Waals surface area (Å²) in [6.45, 7) is 0. The van der Waals surface area contributed by atoms with Gasteiger partial charge in [-0.1, -0.05) is 10.7 Å². The molecule has 5 rings (SSSR count). The molecule has 25 heavy (non-hydrogen) atoms. The van der Waals surface area contributed by atoms with Crippen molar-refractivity contribution in [2.75, 3.05) is 5.32 Å². The molecule has 1 saturated carbocycles. The Hall–Kier alpha value is -2.98. The summed E-state index contributed by atoms with van der Waals surface area (Å²) in [6.07, 6.45) is 5.92. The van der Waals surface area contributed by atoms with Crippen LogP contribution >= 0.6 is 0 Å². The van der Waals surface area contributed by atoms with Crippen LogP contribution in [0.1, 0.15) is 35.4 Å². The lowest BCUT2D eigenvalue weighted by atomic mass is 9.99. The van der Waals surface area contributed by atoms with Gasteiger partial charge in [-0.25, -0.2) is 4.98 Å². The van der Waals surface area contributed by atoms with Gasteiger partial charge in [0.15, 0.2) is 0 Å². The highest BCUT2D eigenvalue weighted by Gasteiger charge is 2.38. The number of rotatable bonds is 3. The van der Waals surface area contributed by atoms with E-state index in [9.17, 15) is 9.59 Å². The number of benzene rings is 1. The fourth-order valence-corrected chi connectivity index (χ4v) is 4.06. The number of imidazole rings is 1. The largest absolute Gasteiger partial charge is 0.419 e. The van der Waals surface area contributed by atoms with Gasteiger partial charge in [-0.3, -0.25) is 9.59 Å². The molecule has 0 radical (unpaired) electrons. The number of fused-ring (bicyclic) bond motifs is 2. The van der Waals surface area contributed by atoms with Crippen molar-refractivity contribution in [2.45, 2.75) is 19.3 Å². The summed E-state index contributed by atoms with van der Waals surface area (Å²) in [5, 5.41) is 4.85. The molecule has 0 spiro atoms. The second kappa shape index (κ2) is 5.01. The minimum Gasteiger partial charge on any atom is -0.329 e. The van der Waals surface area contributed by atoms with Crippen molar-refractivity contribution in [2.24, 2.45) is 18.9 Å². The molecule has 6 heteroatoms. The third-order valence-corrected chi connectivity index (χ3v) is 5.34. The molecule has 1 aromatic heterocycles. The van der Waals surface area contributed by atoms with E-state index in [-0.39, 0.29) is 5.91 Å². The Balaban J connectivity index is 1.44. The zero-order valence-electron chi connectivity index (χ0n) is 13.8. The second-order valence-electron chi connectivity index (χ2n) is 7.09. The highest BCUT2D eigenvalue weighted by molar-refractivity contribution is 6.06. The average Bonchev–Trinajstić information content (AvgIpc) is 2.86. The fraction of sp³-hybridized carbons (Fsp3) is 0.316. The summed E-state index contributed by atoms with van der Waals surface area (Å²) in [4.78, 5) is 28.9. The van der Waals surface area contributed by atoms with Gasteiger partial charge in [0.25, 0.3) is 5.91 Å². The summed E-state index contributed by atoms with van der Waals surface area (Å²) in [7, 11) is 1.83. The number of Topliss-reactive ketones (excluding diaryl/α,β-unsaturated/α-hetero) is 1. The van der Waals surface area contributed by atoms with Gasteiger partial charge < -0.3 is 9.88 Å². The molecule has 1 aromatic carbocycles. The van der Waals surface area contributed by atoms with Crippen LogP contribution in [-0.4, -0.2) is 21.2 Å². The van der Waals surface area contributed by atoms with Crippen LogP contribution in [0.3, 0.4) is 0 Å². The van der Waals surface area contributed by atoms with Gasteiger partial charge in [0, 0.05) is 31.6 Å². The number of amides is 1. The molecule has 0 bridgehead atoms. The zero-order chi connectivity index (χ0) is 17.1. The number of hydrogen-bond donors (Lipinski definition) is 1. The van der Waals surface area contributed by atoms with Crippen LogP contribution in [-0.2, 0) is 11.8 Å². The smallest absolute Gasteiger partial charge is 0.329 e. The molecule has 0 saturated heterocycles. The molecule has 2 aromatic rings. The van der Waals surface area contributed by atoms with Crippen molar-refractivity contribution in [1.82, 2.24) is 14.2 Å². The molecule has 6 nitrogen and oxygen atoms in total. The van der Waals surface area contributed by atoms with E-state index < -0.39 is 0 Å². The van der Waals surface area contributed by atoms with Gasteiger partial charge >= 0.3 is 10.7 Å². The number of anilines is 1. The van der Waals surface area contributed by atoms with Crippen LogP contribution in [0.25, 0.3) is 5.57 Å². The van der Waals surface area contributed by atoms with Crippen LogP contribution in [0.15, 0.2) is 30.6 Å². The fourth-order valence-electron chi connectivity index (χ4n) is 4.06. The molecular weight excluding hydrogens is 316 g/mol. The van der Waals surface area contributed by atoms with Gasteiger partial charge in [-0.05, 0) is 29.9 Å². The van der Waals surface area contributed by atoms with Crippen molar-refractivity contribution in [1.29, 1.82) is 0 Å². The minimum atomic E-state index is -0.176. The van der Waals surface area contributed by atoms with Gasteiger partial charge in [0.2, 0.25) is 0 Å². The molecule has 2 heterocycles. The quantitative estimate of drug-likeness (QED) is 0.704. The Morgan fingerprint density at radius 1 is 1.28 bits per heavy atom. The molecule has 1 fully saturated rings. The SMILES string of the molecule is Cn1cnc(C2=CC3CC(=O)CC3C2)c1C(=O)Nc1ccc2c(c1)=[N+]=2. The van der Waals surface area contributed by atoms with E-state index in [0.717, 1.165) is 34.1 Å². The summed E-state index contributed by atoms with van der Waals surface area (Å²) in [5.41, 5.74) is 3.11. The first-order valence-corrected chi connectivity index (χ1v) is 8.50. The van der Waals surface area contributed by atoms with E-state index in [1.54, 1.807) is 10.9 Å². The van der Waals surface area contributed by atoms with Crippen LogP contribution in [0, 0.1) is 11.8 Å². The topological polar surface area (TPSA) is 78.1 Å².